The highest BCUT2D eigenvalue weighted by Crippen LogP contribution is 2.28. The highest BCUT2D eigenvalue weighted by Gasteiger charge is 2.22. The first-order chi connectivity index (χ1) is 13.9. The van der Waals surface area contributed by atoms with Crippen LogP contribution in [-0.2, 0) is 5.41 Å². The summed E-state index contributed by atoms with van der Waals surface area (Å²) < 4.78 is 1.67. The Labute approximate surface area is 172 Å². The number of carbonyl (C=O) groups is 1. The van der Waals surface area contributed by atoms with Gasteiger partial charge in [-0.3, -0.25) is 10.1 Å². The SMILES string of the molecule is CC(C)(C)c1nnc(NC(=O)c2nc(-c3ccccc3)n(-c3ccccc3)n2)s1. The van der Waals surface area contributed by atoms with Gasteiger partial charge in [-0.1, -0.05) is 80.6 Å². The van der Waals surface area contributed by atoms with E-state index in [-0.39, 0.29) is 11.2 Å². The number of amides is 1. The molecule has 2 heterocycles. The number of nitrogens with one attached hydrogen (secondary N) is 1. The first kappa shape index (κ1) is 18.9. The van der Waals surface area contributed by atoms with Crippen molar-refractivity contribution < 1.29 is 4.79 Å². The molecule has 7 nitrogen and oxygen atoms in total. The second kappa shape index (κ2) is 7.56. The summed E-state index contributed by atoms with van der Waals surface area (Å²) in [5.74, 6) is 0.239. The van der Waals surface area contributed by atoms with E-state index in [1.54, 1.807) is 4.68 Å². The van der Waals surface area contributed by atoms with Crippen LogP contribution in [0.3, 0.4) is 0 Å². The zero-order chi connectivity index (χ0) is 20.4. The molecule has 0 saturated heterocycles. The predicted octanol–water partition coefficient (Wildman–Crippen LogP) is 4.34. The summed E-state index contributed by atoms with van der Waals surface area (Å²) in [6.45, 7) is 6.15. The summed E-state index contributed by atoms with van der Waals surface area (Å²) in [4.78, 5) is 17.3. The minimum Gasteiger partial charge on any atom is -0.294 e. The summed E-state index contributed by atoms with van der Waals surface area (Å²) in [7, 11) is 0. The van der Waals surface area contributed by atoms with E-state index >= 15 is 0 Å². The third kappa shape index (κ3) is 4.07. The van der Waals surface area contributed by atoms with E-state index in [1.165, 1.54) is 11.3 Å². The monoisotopic (exact) mass is 404 g/mol. The highest BCUT2D eigenvalue weighted by molar-refractivity contribution is 7.15. The molecule has 1 N–H and O–H groups in total. The number of rotatable bonds is 4. The van der Waals surface area contributed by atoms with Crippen molar-refractivity contribution in [3.63, 3.8) is 0 Å². The van der Waals surface area contributed by atoms with E-state index < -0.39 is 5.91 Å². The molecule has 0 radical (unpaired) electrons. The van der Waals surface area contributed by atoms with Gasteiger partial charge in [0.1, 0.15) is 5.01 Å². The molecule has 0 saturated carbocycles. The maximum atomic E-state index is 12.8. The lowest BCUT2D eigenvalue weighted by Gasteiger charge is -2.12. The second-order valence-electron chi connectivity index (χ2n) is 7.49. The number of benzene rings is 2. The fourth-order valence-electron chi connectivity index (χ4n) is 2.66. The lowest BCUT2D eigenvalue weighted by molar-refractivity contribution is 0.101. The first-order valence-corrected chi connectivity index (χ1v) is 9.97. The zero-order valence-corrected chi connectivity index (χ0v) is 17.1. The highest BCUT2D eigenvalue weighted by atomic mass is 32.1. The van der Waals surface area contributed by atoms with Gasteiger partial charge in [0.05, 0.1) is 5.69 Å². The maximum Gasteiger partial charge on any atom is 0.297 e. The molecule has 4 aromatic rings. The third-order valence-electron chi connectivity index (χ3n) is 4.13. The van der Waals surface area contributed by atoms with Gasteiger partial charge in [0.2, 0.25) is 11.0 Å². The summed E-state index contributed by atoms with van der Waals surface area (Å²) in [5.41, 5.74) is 1.56. The van der Waals surface area contributed by atoms with E-state index in [4.69, 9.17) is 0 Å². The van der Waals surface area contributed by atoms with E-state index in [9.17, 15) is 4.79 Å². The van der Waals surface area contributed by atoms with Gasteiger partial charge < -0.3 is 0 Å². The van der Waals surface area contributed by atoms with Gasteiger partial charge >= 0.3 is 0 Å². The molecule has 2 aromatic carbocycles. The maximum absolute atomic E-state index is 12.8. The molecule has 0 fully saturated rings. The Balaban J connectivity index is 1.68. The van der Waals surface area contributed by atoms with Crippen LogP contribution < -0.4 is 5.32 Å². The molecule has 0 aliphatic heterocycles. The van der Waals surface area contributed by atoms with Crippen molar-refractivity contribution in [2.45, 2.75) is 26.2 Å². The minimum absolute atomic E-state index is 0.0696. The summed E-state index contributed by atoms with van der Waals surface area (Å²) in [6.07, 6.45) is 0. The van der Waals surface area contributed by atoms with Crippen molar-refractivity contribution in [3.05, 3.63) is 71.5 Å². The smallest absolute Gasteiger partial charge is 0.294 e. The van der Waals surface area contributed by atoms with Crippen LogP contribution in [0.25, 0.3) is 17.1 Å². The van der Waals surface area contributed by atoms with Gasteiger partial charge in [0.25, 0.3) is 5.91 Å². The van der Waals surface area contributed by atoms with Gasteiger partial charge in [-0.15, -0.1) is 15.3 Å². The van der Waals surface area contributed by atoms with Crippen molar-refractivity contribution >= 4 is 22.4 Å². The van der Waals surface area contributed by atoms with Crippen LogP contribution in [-0.4, -0.2) is 30.9 Å². The lowest BCUT2D eigenvalue weighted by Crippen LogP contribution is -2.14. The van der Waals surface area contributed by atoms with Gasteiger partial charge in [0.15, 0.2) is 5.82 Å². The van der Waals surface area contributed by atoms with E-state index in [0.717, 1.165) is 16.3 Å². The first-order valence-electron chi connectivity index (χ1n) is 9.15. The standard InChI is InChI=1S/C21H20N6OS/c1-21(2,3)19-24-25-20(29-19)23-18(28)16-22-17(14-10-6-4-7-11-14)27(26-16)15-12-8-5-9-13-15/h4-13H,1-3H3,(H,23,25,28). The number of carbonyl (C=O) groups excluding carboxylic acids is 1. The molecule has 0 bridgehead atoms. The molecule has 1 amide bonds. The predicted molar refractivity (Wildman–Crippen MR) is 113 cm³/mol. The number of nitrogens with zero attached hydrogens (tertiary/aromatic N) is 5. The Bertz CT molecular complexity index is 1070. The van der Waals surface area contributed by atoms with Crippen LogP contribution in [0.4, 0.5) is 5.13 Å². The summed E-state index contributed by atoms with van der Waals surface area (Å²) >= 11 is 1.35. The van der Waals surface area contributed by atoms with Crippen molar-refractivity contribution in [1.29, 1.82) is 0 Å². The average molecular weight is 404 g/mol. The molecule has 0 spiro atoms. The van der Waals surface area contributed by atoms with E-state index in [1.807, 2.05) is 81.4 Å². The molecular weight excluding hydrogens is 384 g/mol. The van der Waals surface area contributed by atoms with Crippen molar-refractivity contribution in [3.8, 4) is 17.1 Å². The van der Waals surface area contributed by atoms with Crippen molar-refractivity contribution in [2.75, 3.05) is 5.32 Å². The van der Waals surface area contributed by atoms with Crippen LogP contribution in [0.2, 0.25) is 0 Å². The Morgan fingerprint density at radius 1 is 0.966 bits per heavy atom. The Morgan fingerprint density at radius 3 is 2.24 bits per heavy atom. The topological polar surface area (TPSA) is 85.6 Å². The van der Waals surface area contributed by atoms with Gasteiger partial charge in [-0.05, 0) is 12.1 Å². The molecule has 29 heavy (non-hydrogen) atoms. The quantitative estimate of drug-likeness (QED) is 0.547. The average Bonchev–Trinajstić information content (AvgIpc) is 3.36. The third-order valence-corrected chi connectivity index (χ3v) is 5.39. The number of hydrogen-bond acceptors (Lipinski definition) is 6. The van der Waals surface area contributed by atoms with Gasteiger partial charge in [0, 0.05) is 11.0 Å². The minimum atomic E-state index is -0.423. The number of aromatic nitrogens is 5. The molecule has 8 heteroatoms. The fourth-order valence-corrected chi connectivity index (χ4v) is 3.46. The second-order valence-corrected chi connectivity index (χ2v) is 8.47. The van der Waals surface area contributed by atoms with Crippen molar-refractivity contribution in [2.24, 2.45) is 0 Å². The Morgan fingerprint density at radius 2 is 1.62 bits per heavy atom. The van der Waals surface area contributed by atoms with Crippen LogP contribution in [0.1, 0.15) is 36.4 Å². The van der Waals surface area contributed by atoms with Crippen LogP contribution >= 0.6 is 11.3 Å². The van der Waals surface area contributed by atoms with E-state index in [2.05, 4.69) is 25.6 Å². The summed E-state index contributed by atoms with van der Waals surface area (Å²) in [5, 5.41) is 16.7. The molecule has 0 unspecified atom stereocenters. The number of hydrogen-bond donors (Lipinski definition) is 1. The van der Waals surface area contributed by atoms with Crippen molar-refractivity contribution in [1.82, 2.24) is 25.0 Å². The molecule has 0 atom stereocenters. The lowest BCUT2D eigenvalue weighted by atomic mass is 9.98. The fraction of sp³-hybridized carbons (Fsp3) is 0.190. The Kier molecular flexibility index (Phi) is 4.94. The van der Waals surface area contributed by atoms with Crippen LogP contribution in [0, 0.1) is 0 Å². The molecular formula is C21H20N6OS. The molecule has 2 aromatic heterocycles. The number of para-hydroxylation sites is 1. The molecule has 0 aliphatic rings. The molecule has 4 rings (SSSR count). The van der Waals surface area contributed by atoms with Crippen LogP contribution in [0.15, 0.2) is 60.7 Å². The summed E-state index contributed by atoms with van der Waals surface area (Å²) in [6, 6.07) is 19.3. The molecule has 0 aliphatic carbocycles. The largest absolute Gasteiger partial charge is 0.297 e. The molecule has 146 valence electrons. The number of anilines is 1. The Hall–Kier alpha value is -3.39. The van der Waals surface area contributed by atoms with E-state index in [0.29, 0.717) is 11.0 Å². The zero-order valence-electron chi connectivity index (χ0n) is 16.3. The van der Waals surface area contributed by atoms with Gasteiger partial charge in [-0.2, -0.15) is 0 Å². The van der Waals surface area contributed by atoms with Gasteiger partial charge in [-0.25, -0.2) is 9.67 Å². The normalized spacial score (nSPS) is 11.4. The van der Waals surface area contributed by atoms with Crippen LogP contribution in [0.5, 0.6) is 0 Å².